The molecule has 2 nitrogen and oxygen atoms in total. The van der Waals surface area contributed by atoms with Gasteiger partial charge in [0.25, 0.3) is 6.71 Å². The Bertz CT molecular complexity index is 2190. The van der Waals surface area contributed by atoms with Crippen molar-refractivity contribution in [2.24, 2.45) is 0 Å². The molecular weight excluding hydrogens is 629 g/mol. The van der Waals surface area contributed by atoms with Gasteiger partial charge in [-0.2, -0.15) is 0 Å². The summed E-state index contributed by atoms with van der Waals surface area (Å²) >= 11 is 0. The summed E-state index contributed by atoms with van der Waals surface area (Å²) in [6.07, 6.45) is 7.12. The normalized spacial score (nSPS) is 20.6. The molecule has 8 rings (SSSR count). The number of hydrogen-bond donors (Lipinski definition) is 0. The van der Waals surface area contributed by atoms with Crippen LogP contribution in [0.25, 0.3) is 11.6 Å². The first kappa shape index (κ1) is 35.6. The van der Waals surface area contributed by atoms with Gasteiger partial charge in [-0.05, 0) is 122 Å². The summed E-state index contributed by atoms with van der Waals surface area (Å²) in [4.78, 5) is 2.67. The molecule has 3 heterocycles. The van der Waals surface area contributed by atoms with Crippen LogP contribution in [0.3, 0.4) is 0 Å². The third-order valence-electron chi connectivity index (χ3n) is 13.8. The maximum atomic E-state index is 7.54. The van der Waals surface area contributed by atoms with Gasteiger partial charge in [-0.25, -0.2) is 0 Å². The maximum Gasteiger partial charge on any atom is 0.293 e. The molecule has 0 atom stereocenters. The first-order valence-electron chi connectivity index (χ1n) is 20.1. The number of benzene rings is 3. The van der Waals surface area contributed by atoms with E-state index in [2.05, 4.69) is 163 Å². The van der Waals surface area contributed by atoms with Crippen molar-refractivity contribution in [1.82, 2.24) is 0 Å². The van der Waals surface area contributed by atoms with Crippen LogP contribution in [0.2, 0.25) is 0 Å². The third kappa shape index (κ3) is 5.18. The van der Waals surface area contributed by atoms with Crippen LogP contribution in [-0.4, -0.2) is 6.71 Å². The predicted molar refractivity (Wildman–Crippen MR) is 226 cm³/mol. The highest BCUT2D eigenvalue weighted by atomic mass is 16.3. The number of anilines is 3. The van der Waals surface area contributed by atoms with Crippen molar-refractivity contribution in [2.75, 3.05) is 4.90 Å². The Morgan fingerprint density at radius 2 is 1.27 bits per heavy atom. The van der Waals surface area contributed by atoms with Crippen LogP contribution in [-0.2, 0) is 32.5 Å². The molecule has 3 aromatic carbocycles. The van der Waals surface area contributed by atoms with Gasteiger partial charge < -0.3 is 9.32 Å². The molecule has 4 aliphatic rings. The average molecular weight is 692 g/mol. The molecule has 0 saturated heterocycles. The third-order valence-corrected chi connectivity index (χ3v) is 13.8. The van der Waals surface area contributed by atoms with Gasteiger partial charge in [0.1, 0.15) is 5.76 Å². The van der Waals surface area contributed by atoms with Gasteiger partial charge in [-0.15, -0.1) is 0 Å². The number of furan rings is 1. The molecule has 0 unspecified atom stereocenters. The lowest BCUT2D eigenvalue weighted by Crippen LogP contribution is -2.58. The molecule has 0 radical (unpaired) electrons. The van der Waals surface area contributed by atoms with E-state index in [1.165, 1.54) is 91.1 Å². The van der Waals surface area contributed by atoms with E-state index in [1.807, 2.05) is 0 Å². The van der Waals surface area contributed by atoms with Crippen LogP contribution in [0.4, 0.5) is 17.1 Å². The van der Waals surface area contributed by atoms with E-state index >= 15 is 0 Å². The lowest BCUT2D eigenvalue weighted by molar-refractivity contribution is 0.282. The number of nitrogens with zero attached hydrogens (tertiary/aromatic N) is 1. The van der Waals surface area contributed by atoms with Crippen LogP contribution in [0.1, 0.15) is 174 Å². The molecule has 272 valence electrons. The monoisotopic (exact) mass is 691 g/mol. The molecule has 4 aromatic rings. The first-order chi connectivity index (χ1) is 23.9. The smallest absolute Gasteiger partial charge is 0.293 e. The van der Waals surface area contributed by atoms with Gasteiger partial charge in [0.05, 0.1) is 11.3 Å². The fraction of sp³-hybridized carbons (Fsp3) is 0.510. The highest BCUT2D eigenvalue weighted by Gasteiger charge is 2.51. The lowest BCUT2D eigenvalue weighted by Gasteiger charge is -2.44. The molecule has 2 aliphatic carbocycles. The molecule has 0 saturated carbocycles. The number of hydrogen-bond acceptors (Lipinski definition) is 2. The van der Waals surface area contributed by atoms with E-state index in [9.17, 15) is 0 Å². The van der Waals surface area contributed by atoms with Crippen molar-refractivity contribution in [1.29, 1.82) is 0 Å². The van der Waals surface area contributed by atoms with E-state index in [0.29, 0.717) is 0 Å². The largest absolute Gasteiger partial charge is 0.472 e. The Morgan fingerprint density at radius 1 is 0.654 bits per heavy atom. The minimum Gasteiger partial charge on any atom is -0.472 e. The predicted octanol–water partition coefficient (Wildman–Crippen LogP) is 11.7. The summed E-state index contributed by atoms with van der Waals surface area (Å²) in [7, 11) is 0. The quantitative estimate of drug-likeness (QED) is 0.163. The molecule has 0 amide bonds. The summed E-state index contributed by atoms with van der Waals surface area (Å²) in [5, 5.41) is 0. The highest BCUT2D eigenvalue weighted by molar-refractivity contribution is 6.98. The van der Waals surface area contributed by atoms with Crippen molar-refractivity contribution in [3.05, 3.63) is 93.2 Å². The standard InChI is InChI=1S/C49H62BNO/c1-29-24-30-25-31(44(2,3)4)16-19-37(30)50-40-34(29)26-32(45(5,6)7)27-38(40)51(33-17-18-35-36(28-33)47(10,11)21-20-46(35,8)9)41-39-42(52-43(41)50)49(14,15)23-22-48(39,12)13/h16-19,24-28H,20-23H2,1-15H3. The van der Waals surface area contributed by atoms with Crippen molar-refractivity contribution in [3.8, 4) is 0 Å². The Kier molecular flexibility index (Phi) is 7.40. The molecule has 0 fully saturated rings. The fourth-order valence-electron chi connectivity index (χ4n) is 9.98. The highest BCUT2D eigenvalue weighted by Crippen LogP contribution is 2.55. The van der Waals surface area contributed by atoms with Crippen molar-refractivity contribution < 1.29 is 4.42 Å². The van der Waals surface area contributed by atoms with Crippen molar-refractivity contribution in [3.63, 3.8) is 0 Å². The molecule has 0 spiro atoms. The molecule has 0 bridgehead atoms. The molecule has 52 heavy (non-hydrogen) atoms. The molecule has 2 aliphatic heterocycles. The van der Waals surface area contributed by atoms with Crippen molar-refractivity contribution in [2.45, 2.75) is 162 Å². The van der Waals surface area contributed by atoms with E-state index in [4.69, 9.17) is 4.42 Å². The minimum atomic E-state index is -0.0564. The number of fused-ring (bicyclic) bond motifs is 7. The molecule has 1 aromatic heterocycles. The second-order valence-corrected chi connectivity index (χ2v) is 21.7. The van der Waals surface area contributed by atoms with Crippen molar-refractivity contribution >= 4 is 52.0 Å². The molecule has 3 heteroatoms. The Hall–Kier alpha value is -3.46. The Labute approximate surface area is 315 Å². The van der Waals surface area contributed by atoms with Crippen LogP contribution < -0.4 is 21.5 Å². The van der Waals surface area contributed by atoms with Crippen LogP contribution in [0, 0.1) is 0 Å². The van der Waals surface area contributed by atoms with E-state index in [-0.39, 0.29) is 39.2 Å². The Balaban J connectivity index is 1.53. The van der Waals surface area contributed by atoms with E-state index in [0.717, 1.165) is 18.5 Å². The van der Waals surface area contributed by atoms with Gasteiger partial charge in [0.2, 0.25) is 0 Å². The summed E-state index contributed by atoms with van der Waals surface area (Å²) in [6, 6.07) is 19.8. The van der Waals surface area contributed by atoms with Crippen LogP contribution >= 0.6 is 0 Å². The second kappa shape index (κ2) is 10.8. The SMILES string of the molecule is CC1=Cc2cc(C(C)(C)C)ccc2B2c3oc4c(c3N(c3ccc5c(c3)C(C)(C)CCC5(C)C)c3cc(C(C)(C)C)cc1c32)C(C)(C)CCC4(C)C. The van der Waals surface area contributed by atoms with Gasteiger partial charge in [-0.1, -0.05) is 139 Å². The Morgan fingerprint density at radius 3 is 1.92 bits per heavy atom. The van der Waals surface area contributed by atoms with E-state index < -0.39 is 0 Å². The van der Waals surface area contributed by atoms with Gasteiger partial charge >= 0.3 is 0 Å². The summed E-state index contributed by atoms with van der Waals surface area (Å²) < 4.78 is 7.54. The van der Waals surface area contributed by atoms with Gasteiger partial charge in [0, 0.05) is 22.4 Å². The van der Waals surface area contributed by atoms with E-state index in [1.54, 1.807) is 0 Å². The van der Waals surface area contributed by atoms with Gasteiger partial charge in [-0.3, -0.25) is 0 Å². The molecular formula is C49H62BNO. The van der Waals surface area contributed by atoms with Crippen LogP contribution in [0.5, 0.6) is 0 Å². The first-order valence-corrected chi connectivity index (χ1v) is 20.1. The fourth-order valence-corrected chi connectivity index (χ4v) is 9.98. The summed E-state index contributed by atoms with van der Waals surface area (Å²) in [5.41, 5.74) is 19.1. The van der Waals surface area contributed by atoms with Gasteiger partial charge in [0.15, 0.2) is 0 Å². The maximum absolute atomic E-state index is 7.54. The average Bonchev–Trinajstić information content (AvgIpc) is 3.40. The molecule has 0 N–H and O–H groups in total. The zero-order valence-electron chi connectivity index (χ0n) is 35.0. The minimum absolute atomic E-state index is 0.00631. The second-order valence-electron chi connectivity index (χ2n) is 21.7. The number of rotatable bonds is 1. The topological polar surface area (TPSA) is 16.4 Å². The lowest BCUT2D eigenvalue weighted by atomic mass is 9.36. The zero-order valence-corrected chi connectivity index (χ0v) is 35.0. The zero-order chi connectivity index (χ0) is 37.7. The van der Waals surface area contributed by atoms with Crippen LogP contribution in [0.15, 0.2) is 52.9 Å². The summed E-state index contributed by atoms with van der Waals surface area (Å²) in [5.74, 6) is 1.19. The summed E-state index contributed by atoms with van der Waals surface area (Å²) in [6.45, 7) is 35.9. The number of allylic oxidation sites excluding steroid dienone is 1.